The summed E-state index contributed by atoms with van der Waals surface area (Å²) in [5.74, 6) is 1.51. The number of hydrogen-bond donors (Lipinski definition) is 2. The van der Waals surface area contributed by atoms with Crippen molar-refractivity contribution in [3.63, 3.8) is 0 Å². The topological polar surface area (TPSA) is 61.4 Å². The Morgan fingerprint density at radius 2 is 1.88 bits per heavy atom. The summed E-state index contributed by atoms with van der Waals surface area (Å²) in [6.45, 7) is 8.74. The molecule has 1 saturated carbocycles. The van der Waals surface area contributed by atoms with Gasteiger partial charge in [-0.15, -0.1) is 0 Å². The van der Waals surface area contributed by atoms with E-state index in [0.717, 1.165) is 71.2 Å². The van der Waals surface area contributed by atoms with Crippen molar-refractivity contribution in [3.8, 4) is 0 Å². The average molecular weight is 335 g/mol. The van der Waals surface area contributed by atoms with Crippen molar-refractivity contribution >= 4 is 11.8 Å². The third kappa shape index (κ3) is 3.93. The minimum absolute atomic E-state index is 0.0910. The van der Waals surface area contributed by atoms with Crippen LogP contribution in [0.1, 0.15) is 52.4 Å². The number of rotatable bonds is 5. The molecule has 0 aromatic heterocycles. The Bertz CT molecular complexity index is 463. The molecule has 2 aliphatic heterocycles. The monoisotopic (exact) mass is 335 g/mol. The fourth-order valence-electron chi connectivity index (χ4n) is 4.38. The molecule has 3 rings (SSSR count). The Hall–Kier alpha value is -1.10. The summed E-state index contributed by atoms with van der Waals surface area (Å²) in [7, 11) is 0. The molecule has 1 atom stereocenters. The predicted octanol–water partition coefficient (Wildman–Crippen LogP) is 1.78. The molecule has 2 heterocycles. The first kappa shape index (κ1) is 17.7. The van der Waals surface area contributed by atoms with Gasteiger partial charge in [0.2, 0.25) is 11.8 Å². The van der Waals surface area contributed by atoms with Gasteiger partial charge in [-0.05, 0) is 62.9 Å². The van der Waals surface area contributed by atoms with Gasteiger partial charge in [-0.3, -0.25) is 9.59 Å². The highest BCUT2D eigenvalue weighted by Gasteiger charge is 2.58. The van der Waals surface area contributed by atoms with Crippen LogP contribution in [0.25, 0.3) is 0 Å². The molecule has 5 heteroatoms. The third-order valence-electron chi connectivity index (χ3n) is 6.29. The highest BCUT2D eigenvalue weighted by molar-refractivity contribution is 5.83. The van der Waals surface area contributed by atoms with E-state index >= 15 is 0 Å². The van der Waals surface area contributed by atoms with Gasteiger partial charge in [0.15, 0.2) is 0 Å². The maximum absolute atomic E-state index is 12.8. The first-order valence-corrected chi connectivity index (χ1v) is 9.79. The van der Waals surface area contributed by atoms with E-state index in [0.29, 0.717) is 17.2 Å². The van der Waals surface area contributed by atoms with Crippen LogP contribution in [0.15, 0.2) is 0 Å². The van der Waals surface area contributed by atoms with E-state index in [-0.39, 0.29) is 17.7 Å². The molecule has 2 amide bonds. The van der Waals surface area contributed by atoms with E-state index in [4.69, 9.17) is 0 Å². The Morgan fingerprint density at radius 3 is 2.50 bits per heavy atom. The normalized spacial score (nSPS) is 26.6. The lowest BCUT2D eigenvalue weighted by Crippen LogP contribution is -2.44. The molecule has 2 N–H and O–H groups in total. The molecule has 5 nitrogen and oxygen atoms in total. The van der Waals surface area contributed by atoms with E-state index in [9.17, 15) is 9.59 Å². The molecule has 2 saturated heterocycles. The summed E-state index contributed by atoms with van der Waals surface area (Å²) in [6.07, 6.45) is 6.06. The van der Waals surface area contributed by atoms with Crippen LogP contribution in [-0.2, 0) is 9.59 Å². The fourth-order valence-corrected chi connectivity index (χ4v) is 4.38. The van der Waals surface area contributed by atoms with Gasteiger partial charge in [0.25, 0.3) is 0 Å². The number of nitrogens with one attached hydrogen (secondary N) is 2. The standard InChI is InChI=1S/C19H33N3O2/c1-14(2)3-8-21-17(23)15-4-11-22(12-5-15)18(24)16-13-19(16)6-9-20-10-7-19/h14-16,20H,3-13H2,1-2H3,(H,21,23)/t16-/m0/s1. The van der Waals surface area contributed by atoms with Gasteiger partial charge in [-0.1, -0.05) is 13.8 Å². The van der Waals surface area contributed by atoms with Crippen LogP contribution >= 0.6 is 0 Å². The second kappa shape index (κ2) is 7.42. The van der Waals surface area contributed by atoms with Gasteiger partial charge < -0.3 is 15.5 Å². The smallest absolute Gasteiger partial charge is 0.226 e. The van der Waals surface area contributed by atoms with Crippen molar-refractivity contribution in [2.75, 3.05) is 32.7 Å². The van der Waals surface area contributed by atoms with Crippen LogP contribution in [0.2, 0.25) is 0 Å². The third-order valence-corrected chi connectivity index (χ3v) is 6.29. The van der Waals surface area contributed by atoms with Crippen LogP contribution in [-0.4, -0.2) is 49.4 Å². The minimum Gasteiger partial charge on any atom is -0.356 e. The van der Waals surface area contributed by atoms with Crippen LogP contribution in [0, 0.1) is 23.2 Å². The summed E-state index contributed by atoms with van der Waals surface area (Å²) in [4.78, 5) is 27.0. The summed E-state index contributed by atoms with van der Waals surface area (Å²) in [6, 6.07) is 0. The zero-order valence-electron chi connectivity index (χ0n) is 15.3. The van der Waals surface area contributed by atoms with Gasteiger partial charge in [-0.25, -0.2) is 0 Å². The van der Waals surface area contributed by atoms with E-state index in [2.05, 4.69) is 24.5 Å². The number of carbonyl (C=O) groups excluding carboxylic acids is 2. The van der Waals surface area contributed by atoms with Gasteiger partial charge in [0, 0.05) is 31.5 Å². The molecule has 0 aromatic rings. The lowest BCUT2D eigenvalue weighted by molar-refractivity contribution is -0.137. The minimum atomic E-state index is 0.0910. The molecular weight excluding hydrogens is 302 g/mol. The molecule has 0 aromatic carbocycles. The van der Waals surface area contributed by atoms with Crippen molar-refractivity contribution in [1.82, 2.24) is 15.5 Å². The fraction of sp³-hybridized carbons (Fsp3) is 0.895. The number of carbonyl (C=O) groups is 2. The maximum Gasteiger partial charge on any atom is 0.226 e. The van der Waals surface area contributed by atoms with E-state index in [1.807, 2.05) is 4.90 Å². The van der Waals surface area contributed by atoms with E-state index in [1.165, 1.54) is 0 Å². The van der Waals surface area contributed by atoms with Crippen LogP contribution in [0.4, 0.5) is 0 Å². The van der Waals surface area contributed by atoms with Crippen LogP contribution in [0.5, 0.6) is 0 Å². The maximum atomic E-state index is 12.8. The highest BCUT2D eigenvalue weighted by Crippen LogP contribution is 2.59. The molecule has 0 radical (unpaired) electrons. The summed E-state index contributed by atoms with van der Waals surface area (Å²) < 4.78 is 0. The number of hydrogen-bond acceptors (Lipinski definition) is 3. The van der Waals surface area contributed by atoms with Crippen molar-refractivity contribution in [2.45, 2.75) is 52.4 Å². The summed E-state index contributed by atoms with van der Waals surface area (Å²) in [5.41, 5.74) is 0.313. The van der Waals surface area contributed by atoms with Crippen molar-refractivity contribution in [3.05, 3.63) is 0 Å². The number of amides is 2. The van der Waals surface area contributed by atoms with Gasteiger partial charge in [0.1, 0.15) is 0 Å². The first-order chi connectivity index (χ1) is 11.5. The number of likely N-dealkylation sites (tertiary alicyclic amines) is 1. The number of nitrogens with zero attached hydrogens (tertiary/aromatic N) is 1. The molecule has 1 aliphatic carbocycles. The molecule has 1 spiro atoms. The van der Waals surface area contributed by atoms with Gasteiger partial charge in [-0.2, -0.15) is 0 Å². The molecule has 3 fully saturated rings. The molecular formula is C19H33N3O2. The zero-order valence-corrected chi connectivity index (χ0v) is 15.3. The zero-order chi connectivity index (χ0) is 17.2. The molecule has 0 bridgehead atoms. The molecule has 3 aliphatic rings. The summed E-state index contributed by atoms with van der Waals surface area (Å²) in [5, 5.41) is 6.45. The SMILES string of the molecule is CC(C)CCNC(=O)C1CCN(C(=O)[C@@H]2CC23CCNCC3)CC1. The van der Waals surface area contributed by atoms with Gasteiger partial charge >= 0.3 is 0 Å². The molecule has 24 heavy (non-hydrogen) atoms. The van der Waals surface area contributed by atoms with Crippen molar-refractivity contribution in [1.29, 1.82) is 0 Å². The van der Waals surface area contributed by atoms with E-state index < -0.39 is 0 Å². The van der Waals surface area contributed by atoms with Crippen LogP contribution < -0.4 is 10.6 Å². The van der Waals surface area contributed by atoms with Crippen LogP contribution in [0.3, 0.4) is 0 Å². The lowest BCUT2D eigenvalue weighted by Gasteiger charge is -2.32. The molecule has 136 valence electrons. The Morgan fingerprint density at radius 1 is 1.21 bits per heavy atom. The Labute approximate surface area is 145 Å². The quantitative estimate of drug-likeness (QED) is 0.805. The Balaban J connectivity index is 1.40. The summed E-state index contributed by atoms with van der Waals surface area (Å²) >= 11 is 0. The number of piperidine rings is 2. The first-order valence-electron chi connectivity index (χ1n) is 9.79. The average Bonchev–Trinajstić information content (AvgIpc) is 3.27. The lowest BCUT2D eigenvalue weighted by atomic mass is 9.90. The Kier molecular flexibility index (Phi) is 5.48. The van der Waals surface area contributed by atoms with E-state index in [1.54, 1.807) is 0 Å². The second-order valence-corrected chi connectivity index (χ2v) is 8.44. The van der Waals surface area contributed by atoms with Crippen molar-refractivity contribution in [2.24, 2.45) is 23.2 Å². The predicted molar refractivity (Wildman–Crippen MR) is 94.4 cm³/mol. The van der Waals surface area contributed by atoms with Gasteiger partial charge in [0.05, 0.1) is 0 Å². The molecule has 0 unspecified atom stereocenters. The highest BCUT2D eigenvalue weighted by atomic mass is 16.2. The second-order valence-electron chi connectivity index (χ2n) is 8.44. The van der Waals surface area contributed by atoms with Crippen molar-refractivity contribution < 1.29 is 9.59 Å². The largest absolute Gasteiger partial charge is 0.356 e.